The molecule has 4 amide bonds. The van der Waals surface area contributed by atoms with E-state index in [0.29, 0.717) is 38.6 Å². The Morgan fingerprint density at radius 1 is 1.24 bits per heavy atom. The topological polar surface area (TPSA) is 165 Å². The smallest absolute Gasteiger partial charge is 0.405 e. The van der Waals surface area contributed by atoms with E-state index in [-0.39, 0.29) is 18.1 Å². The number of ether oxygens (including phenoxy) is 1. The number of rotatable bonds is 5. The van der Waals surface area contributed by atoms with E-state index in [4.69, 9.17) is 10.5 Å². The highest BCUT2D eigenvalue weighted by atomic mass is 32.2. The zero-order chi connectivity index (χ0) is 24.9. The van der Waals surface area contributed by atoms with Crippen LogP contribution in [0, 0.1) is 5.92 Å². The number of amides is 4. The van der Waals surface area contributed by atoms with Crippen molar-refractivity contribution in [2.24, 2.45) is 11.7 Å². The minimum Gasteiger partial charge on any atom is -0.436 e. The lowest BCUT2D eigenvalue weighted by atomic mass is 10.1. The maximum Gasteiger partial charge on any atom is 0.405 e. The van der Waals surface area contributed by atoms with Crippen LogP contribution in [0.15, 0.2) is 12.2 Å². The third kappa shape index (κ3) is 6.08. The first-order chi connectivity index (χ1) is 16.1. The van der Waals surface area contributed by atoms with Crippen LogP contribution in [0.1, 0.15) is 64.7 Å². The number of sulfonamides is 1. The van der Waals surface area contributed by atoms with Crippen LogP contribution in [-0.4, -0.2) is 67.1 Å². The van der Waals surface area contributed by atoms with Gasteiger partial charge in [0.1, 0.15) is 11.6 Å². The van der Waals surface area contributed by atoms with Crippen LogP contribution in [-0.2, 0) is 29.1 Å². The van der Waals surface area contributed by atoms with Crippen LogP contribution in [0.25, 0.3) is 0 Å². The Labute approximate surface area is 199 Å². The van der Waals surface area contributed by atoms with Gasteiger partial charge in [0.25, 0.3) is 11.8 Å². The molecular formula is C22H34N4O7S. The maximum atomic E-state index is 13.3. The lowest BCUT2D eigenvalue weighted by Crippen LogP contribution is -2.57. The summed E-state index contributed by atoms with van der Waals surface area (Å²) in [5, 5.41) is 2.76. The van der Waals surface area contributed by atoms with Gasteiger partial charge in [-0.15, -0.1) is 0 Å². The molecule has 190 valence electrons. The van der Waals surface area contributed by atoms with E-state index in [2.05, 4.69) is 10.0 Å². The van der Waals surface area contributed by atoms with E-state index in [0.717, 1.165) is 19.3 Å². The standard InChI is InChI=1S/C22H34N4O7S/c1-2-13-34(31,32)25-20(29)22-14-15(22)9-6-4-3-5-7-11-17(33-21(23)30)19(28)26-12-8-10-16(26)18(27)24-22/h6,9,15-17H,2-5,7-8,10-14H2,1H3,(H2,23,30)(H,24,27)(H,25,29)/b9-6+. The van der Waals surface area contributed by atoms with E-state index in [1.54, 1.807) is 6.92 Å². The molecule has 12 heteroatoms. The predicted octanol–water partition coefficient (Wildman–Crippen LogP) is 0.693. The number of hydrogen-bond donors (Lipinski definition) is 3. The monoisotopic (exact) mass is 498 g/mol. The summed E-state index contributed by atoms with van der Waals surface area (Å²) in [6, 6.07) is -0.848. The van der Waals surface area contributed by atoms with Gasteiger partial charge in [0, 0.05) is 12.5 Å². The molecule has 11 nitrogen and oxygen atoms in total. The van der Waals surface area contributed by atoms with Gasteiger partial charge in [-0.2, -0.15) is 0 Å². The van der Waals surface area contributed by atoms with E-state index in [1.165, 1.54) is 4.90 Å². The second-order valence-corrected chi connectivity index (χ2v) is 11.0. The molecule has 4 unspecified atom stereocenters. The zero-order valence-corrected chi connectivity index (χ0v) is 20.3. The lowest BCUT2D eigenvalue weighted by molar-refractivity contribution is -0.146. The fourth-order valence-corrected chi connectivity index (χ4v) is 5.83. The van der Waals surface area contributed by atoms with E-state index in [9.17, 15) is 27.6 Å². The minimum atomic E-state index is -3.82. The summed E-state index contributed by atoms with van der Waals surface area (Å²) in [6.07, 6.45) is 6.52. The second-order valence-electron chi connectivity index (χ2n) is 9.20. The van der Waals surface area contributed by atoms with Crippen LogP contribution in [0.3, 0.4) is 0 Å². The van der Waals surface area contributed by atoms with Gasteiger partial charge < -0.3 is 20.7 Å². The number of fused-ring (bicyclic) bond motifs is 2. The van der Waals surface area contributed by atoms with Crippen molar-refractivity contribution in [3.63, 3.8) is 0 Å². The van der Waals surface area contributed by atoms with Gasteiger partial charge >= 0.3 is 6.09 Å². The zero-order valence-electron chi connectivity index (χ0n) is 19.5. The summed E-state index contributed by atoms with van der Waals surface area (Å²) in [4.78, 5) is 52.2. The van der Waals surface area contributed by atoms with Crippen LogP contribution in [0.5, 0.6) is 0 Å². The quantitative estimate of drug-likeness (QED) is 0.469. The number of nitrogens with zero attached hydrogens (tertiary/aromatic N) is 1. The average molecular weight is 499 g/mol. The highest BCUT2D eigenvalue weighted by Gasteiger charge is 2.61. The van der Waals surface area contributed by atoms with Gasteiger partial charge in [-0.25, -0.2) is 13.2 Å². The van der Waals surface area contributed by atoms with Crippen molar-refractivity contribution in [3.8, 4) is 0 Å². The van der Waals surface area contributed by atoms with Gasteiger partial charge in [-0.3, -0.25) is 19.1 Å². The number of nitrogens with one attached hydrogen (secondary N) is 2. The number of primary amides is 1. The van der Waals surface area contributed by atoms with E-state index >= 15 is 0 Å². The van der Waals surface area contributed by atoms with Gasteiger partial charge in [0.15, 0.2) is 6.10 Å². The molecule has 2 fully saturated rings. The third-order valence-electron chi connectivity index (χ3n) is 6.57. The van der Waals surface area contributed by atoms with Gasteiger partial charge in [-0.1, -0.05) is 25.5 Å². The molecule has 3 aliphatic rings. The highest BCUT2D eigenvalue weighted by Crippen LogP contribution is 2.45. The molecule has 0 aromatic carbocycles. The summed E-state index contributed by atoms with van der Waals surface area (Å²) in [5.74, 6) is -2.32. The van der Waals surface area contributed by atoms with Crippen molar-refractivity contribution in [2.45, 2.75) is 82.4 Å². The van der Waals surface area contributed by atoms with Crippen molar-refractivity contribution in [1.82, 2.24) is 14.9 Å². The third-order valence-corrected chi connectivity index (χ3v) is 8.01. The Morgan fingerprint density at radius 3 is 2.71 bits per heavy atom. The summed E-state index contributed by atoms with van der Waals surface area (Å²) >= 11 is 0. The van der Waals surface area contributed by atoms with E-state index in [1.807, 2.05) is 12.2 Å². The summed E-state index contributed by atoms with van der Waals surface area (Å²) in [6.45, 7) is 2.00. The number of hydrogen-bond acceptors (Lipinski definition) is 7. The predicted molar refractivity (Wildman–Crippen MR) is 123 cm³/mol. The number of nitrogens with two attached hydrogens (primary N) is 1. The highest BCUT2D eigenvalue weighted by molar-refractivity contribution is 7.90. The number of carbonyl (C=O) groups excluding carboxylic acids is 4. The lowest BCUT2D eigenvalue weighted by Gasteiger charge is -2.29. The number of carbonyl (C=O) groups is 4. The van der Waals surface area contributed by atoms with Gasteiger partial charge in [0.2, 0.25) is 15.9 Å². The Bertz CT molecular complexity index is 951. The first-order valence-electron chi connectivity index (χ1n) is 11.9. The average Bonchev–Trinajstić information content (AvgIpc) is 3.22. The van der Waals surface area contributed by atoms with Crippen LogP contribution in [0.2, 0.25) is 0 Å². The Balaban J connectivity index is 1.85. The fraction of sp³-hybridized carbons (Fsp3) is 0.727. The molecule has 0 bridgehead atoms. The van der Waals surface area contributed by atoms with Crippen molar-refractivity contribution in [3.05, 3.63) is 12.2 Å². The normalized spacial score (nSPS) is 31.2. The Kier molecular flexibility index (Phi) is 8.21. The molecule has 4 N–H and O–H groups in total. The second kappa shape index (κ2) is 10.7. The SMILES string of the molecule is CCCS(=O)(=O)NC(=O)C12CC1/C=C/CCCCCC(OC(N)=O)C(=O)N1CCCC1C(=O)N2. The summed E-state index contributed by atoms with van der Waals surface area (Å²) < 4.78 is 31.6. The molecule has 34 heavy (non-hydrogen) atoms. The molecule has 0 aromatic rings. The fourth-order valence-electron chi connectivity index (χ4n) is 4.73. The van der Waals surface area contributed by atoms with E-state index < -0.39 is 51.5 Å². The Morgan fingerprint density at radius 2 is 2.00 bits per heavy atom. The molecule has 1 aliphatic carbocycles. The molecule has 1 saturated carbocycles. The van der Waals surface area contributed by atoms with Crippen LogP contribution in [0.4, 0.5) is 4.79 Å². The molecule has 0 radical (unpaired) electrons. The molecular weight excluding hydrogens is 464 g/mol. The first-order valence-corrected chi connectivity index (χ1v) is 13.5. The summed E-state index contributed by atoms with van der Waals surface area (Å²) in [7, 11) is -3.82. The van der Waals surface area contributed by atoms with Gasteiger partial charge in [0.05, 0.1) is 5.75 Å². The molecule has 2 aliphatic heterocycles. The van der Waals surface area contributed by atoms with Crippen molar-refractivity contribution >= 4 is 33.8 Å². The molecule has 2 heterocycles. The van der Waals surface area contributed by atoms with Crippen LogP contribution < -0.4 is 15.8 Å². The van der Waals surface area contributed by atoms with Crippen molar-refractivity contribution < 1.29 is 32.3 Å². The van der Waals surface area contributed by atoms with Gasteiger partial charge in [-0.05, 0) is 51.4 Å². The first kappa shape index (κ1) is 26.0. The van der Waals surface area contributed by atoms with Crippen molar-refractivity contribution in [2.75, 3.05) is 12.3 Å². The Hall–Kier alpha value is -2.63. The number of allylic oxidation sites excluding steroid dienone is 1. The molecule has 4 atom stereocenters. The van der Waals surface area contributed by atoms with Crippen LogP contribution >= 0.6 is 0 Å². The minimum absolute atomic E-state index is 0.199. The largest absolute Gasteiger partial charge is 0.436 e. The molecule has 0 aromatic heterocycles. The van der Waals surface area contributed by atoms with Crippen molar-refractivity contribution in [1.29, 1.82) is 0 Å². The maximum absolute atomic E-state index is 13.3. The molecule has 0 spiro atoms. The molecule has 1 saturated heterocycles. The summed E-state index contributed by atoms with van der Waals surface area (Å²) in [5.41, 5.74) is 3.78. The molecule has 3 rings (SSSR count).